The zero-order valence-corrected chi connectivity index (χ0v) is 9.67. The molecule has 3 heteroatoms. The van der Waals surface area contributed by atoms with Crippen molar-refractivity contribution in [2.45, 2.75) is 51.5 Å². The van der Waals surface area contributed by atoms with Crippen molar-refractivity contribution in [3.05, 3.63) is 0 Å². The van der Waals surface area contributed by atoms with Gasteiger partial charge in [0.1, 0.15) is 0 Å². The van der Waals surface area contributed by atoms with E-state index in [9.17, 15) is 4.79 Å². The van der Waals surface area contributed by atoms with E-state index in [1.807, 2.05) is 0 Å². The zero-order valence-electron chi connectivity index (χ0n) is 9.67. The van der Waals surface area contributed by atoms with E-state index in [2.05, 4.69) is 11.8 Å². The Balaban J connectivity index is 2.02. The maximum Gasteiger partial charge on any atom is 0.230 e. The number of carbonyl (C=O) groups is 1. The van der Waals surface area contributed by atoms with Crippen LogP contribution in [0.25, 0.3) is 0 Å². The lowest BCUT2D eigenvalue weighted by Crippen LogP contribution is -2.52. The maximum atomic E-state index is 12.4. The summed E-state index contributed by atoms with van der Waals surface area (Å²) in [5.74, 6) is 0.348. The monoisotopic (exact) mass is 210 g/mol. The van der Waals surface area contributed by atoms with Gasteiger partial charge in [0.15, 0.2) is 0 Å². The molecule has 86 valence electrons. The molecular formula is C12H22N2O. The molecular weight excluding hydrogens is 188 g/mol. The summed E-state index contributed by atoms with van der Waals surface area (Å²) in [7, 11) is 0. The van der Waals surface area contributed by atoms with Crippen molar-refractivity contribution in [3.8, 4) is 0 Å². The van der Waals surface area contributed by atoms with Crippen molar-refractivity contribution in [2.24, 2.45) is 11.1 Å². The van der Waals surface area contributed by atoms with Gasteiger partial charge in [-0.25, -0.2) is 0 Å². The Kier molecular flexibility index (Phi) is 3.01. The van der Waals surface area contributed by atoms with Crippen molar-refractivity contribution < 1.29 is 4.79 Å². The summed E-state index contributed by atoms with van der Waals surface area (Å²) in [6.07, 6.45) is 6.65. The molecule has 0 aliphatic heterocycles. The average Bonchev–Trinajstić information content (AvgIpc) is 2.96. The molecule has 0 radical (unpaired) electrons. The summed E-state index contributed by atoms with van der Waals surface area (Å²) in [5, 5.41) is 0. The van der Waals surface area contributed by atoms with Crippen LogP contribution in [0.3, 0.4) is 0 Å². The predicted molar refractivity (Wildman–Crippen MR) is 60.4 cm³/mol. The summed E-state index contributed by atoms with van der Waals surface area (Å²) in [4.78, 5) is 14.5. The minimum absolute atomic E-state index is 0.169. The van der Waals surface area contributed by atoms with Gasteiger partial charge in [-0.3, -0.25) is 4.79 Å². The summed E-state index contributed by atoms with van der Waals surface area (Å²) < 4.78 is 0. The first-order valence-corrected chi connectivity index (χ1v) is 6.24. The predicted octanol–water partition coefficient (Wildman–Crippen LogP) is 1.52. The van der Waals surface area contributed by atoms with E-state index >= 15 is 0 Å². The van der Waals surface area contributed by atoms with Crippen LogP contribution >= 0.6 is 0 Å². The summed E-state index contributed by atoms with van der Waals surface area (Å²) in [6, 6.07) is 0.543. The standard InChI is InChI=1S/C12H22N2O/c1-2-8-14(10-4-5-10)11(15)12(9-13)6-3-7-12/h10H,2-9,13H2,1H3. The molecule has 0 bridgehead atoms. The summed E-state index contributed by atoms with van der Waals surface area (Å²) >= 11 is 0. The molecule has 0 saturated heterocycles. The topological polar surface area (TPSA) is 46.3 Å². The van der Waals surface area contributed by atoms with Crippen LogP contribution in [0.15, 0.2) is 0 Å². The lowest BCUT2D eigenvalue weighted by atomic mass is 9.67. The molecule has 3 nitrogen and oxygen atoms in total. The highest BCUT2D eigenvalue weighted by Gasteiger charge is 2.47. The van der Waals surface area contributed by atoms with E-state index in [0.717, 1.165) is 25.8 Å². The van der Waals surface area contributed by atoms with Crippen LogP contribution in [0, 0.1) is 5.41 Å². The SMILES string of the molecule is CCCN(C(=O)C1(CN)CCC1)C1CC1. The third-order valence-electron chi connectivity index (χ3n) is 3.87. The number of hydrogen-bond donors (Lipinski definition) is 1. The molecule has 0 aromatic carbocycles. The number of nitrogens with zero attached hydrogens (tertiary/aromatic N) is 1. The third kappa shape index (κ3) is 1.89. The Morgan fingerprint density at radius 3 is 2.47 bits per heavy atom. The van der Waals surface area contributed by atoms with Crippen LogP contribution < -0.4 is 5.73 Å². The fourth-order valence-corrected chi connectivity index (χ4v) is 2.49. The van der Waals surface area contributed by atoms with E-state index in [0.29, 0.717) is 18.5 Å². The molecule has 2 aliphatic carbocycles. The number of hydrogen-bond acceptors (Lipinski definition) is 2. The molecule has 0 aromatic heterocycles. The third-order valence-corrected chi connectivity index (χ3v) is 3.87. The molecule has 0 aromatic rings. The van der Waals surface area contributed by atoms with Crippen molar-refractivity contribution in [2.75, 3.05) is 13.1 Å². The molecule has 0 unspecified atom stereocenters. The number of rotatable bonds is 5. The van der Waals surface area contributed by atoms with E-state index < -0.39 is 0 Å². The lowest BCUT2D eigenvalue weighted by Gasteiger charge is -2.43. The van der Waals surface area contributed by atoms with Crippen LogP contribution in [0.1, 0.15) is 45.4 Å². The first-order valence-electron chi connectivity index (χ1n) is 6.24. The molecule has 0 spiro atoms. The van der Waals surface area contributed by atoms with Crippen LogP contribution in [-0.4, -0.2) is 29.9 Å². The Labute approximate surface area is 92.0 Å². The zero-order chi connectivity index (χ0) is 10.9. The second-order valence-corrected chi connectivity index (χ2v) is 5.07. The van der Waals surface area contributed by atoms with Gasteiger partial charge in [-0.15, -0.1) is 0 Å². The fourth-order valence-electron chi connectivity index (χ4n) is 2.49. The number of carbonyl (C=O) groups excluding carboxylic acids is 1. The van der Waals surface area contributed by atoms with Gasteiger partial charge in [0, 0.05) is 19.1 Å². The molecule has 2 rings (SSSR count). The van der Waals surface area contributed by atoms with Crippen LogP contribution in [-0.2, 0) is 4.79 Å². The largest absolute Gasteiger partial charge is 0.339 e. The highest BCUT2D eigenvalue weighted by molar-refractivity contribution is 5.84. The van der Waals surface area contributed by atoms with Gasteiger partial charge in [-0.1, -0.05) is 13.3 Å². The van der Waals surface area contributed by atoms with Gasteiger partial charge in [0.2, 0.25) is 5.91 Å². The van der Waals surface area contributed by atoms with Gasteiger partial charge in [0.25, 0.3) is 0 Å². The highest BCUT2D eigenvalue weighted by atomic mass is 16.2. The first-order chi connectivity index (χ1) is 7.23. The van der Waals surface area contributed by atoms with Crippen molar-refractivity contribution >= 4 is 5.91 Å². The lowest BCUT2D eigenvalue weighted by molar-refractivity contribution is -0.147. The quantitative estimate of drug-likeness (QED) is 0.747. The molecule has 0 atom stereocenters. The van der Waals surface area contributed by atoms with E-state index in [-0.39, 0.29) is 5.41 Å². The fraction of sp³-hybridized carbons (Fsp3) is 0.917. The molecule has 2 saturated carbocycles. The van der Waals surface area contributed by atoms with E-state index in [1.165, 1.54) is 19.3 Å². The normalized spacial score (nSPS) is 23.3. The van der Waals surface area contributed by atoms with Gasteiger partial charge < -0.3 is 10.6 Å². The minimum Gasteiger partial charge on any atom is -0.339 e. The van der Waals surface area contributed by atoms with Crippen molar-refractivity contribution in [1.29, 1.82) is 0 Å². The number of nitrogens with two attached hydrogens (primary N) is 1. The van der Waals surface area contributed by atoms with Crippen LogP contribution in [0.4, 0.5) is 0 Å². The Bertz CT molecular complexity index is 238. The molecule has 2 aliphatic rings. The average molecular weight is 210 g/mol. The van der Waals surface area contributed by atoms with Gasteiger partial charge in [-0.2, -0.15) is 0 Å². The molecule has 2 N–H and O–H groups in total. The molecule has 1 amide bonds. The molecule has 0 heterocycles. The van der Waals surface area contributed by atoms with Crippen LogP contribution in [0.2, 0.25) is 0 Å². The maximum absolute atomic E-state index is 12.4. The van der Waals surface area contributed by atoms with Crippen molar-refractivity contribution in [3.63, 3.8) is 0 Å². The second-order valence-electron chi connectivity index (χ2n) is 5.07. The summed E-state index contributed by atoms with van der Waals surface area (Å²) in [5.41, 5.74) is 5.61. The minimum atomic E-state index is -0.169. The summed E-state index contributed by atoms with van der Waals surface area (Å²) in [6.45, 7) is 3.60. The van der Waals surface area contributed by atoms with E-state index in [1.54, 1.807) is 0 Å². The van der Waals surface area contributed by atoms with Gasteiger partial charge >= 0.3 is 0 Å². The molecule has 15 heavy (non-hydrogen) atoms. The smallest absolute Gasteiger partial charge is 0.230 e. The highest BCUT2D eigenvalue weighted by Crippen LogP contribution is 2.43. The van der Waals surface area contributed by atoms with Crippen molar-refractivity contribution in [1.82, 2.24) is 4.90 Å². The van der Waals surface area contributed by atoms with Crippen LogP contribution in [0.5, 0.6) is 0 Å². The molecule has 2 fully saturated rings. The van der Waals surface area contributed by atoms with Gasteiger partial charge in [-0.05, 0) is 32.1 Å². The Morgan fingerprint density at radius 2 is 2.13 bits per heavy atom. The Hall–Kier alpha value is -0.570. The van der Waals surface area contributed by atoms with E-state index in [4.69, 9.17) is 5.73 Å². The Morgan fingerprint density at radius 1 is 1.47 bits per heavy atom. The number of amides is 1. The van der Waals surface area contributed by atoms with Gasteiger partial charge in [0.05, 0.1) is 5.41 Å². The second kappa shape index (κ2) is 4.12. The first kappa shape index (κ1) is 10.9.